The van der Waals surface area contributed by atoms with Crippen molar-refractivity contribution in [2.75, 3.05) is 7.05 Å². The molecule has 10 nitrogen and oxygen atoms in total. The molecule has 48 heavy (non-hydrogen) atoms. The van der Waals surface area contributed by atoms with Crippen LogP contribution in [0.25, 0.3) is 32.5 Å². The number of aliphatic imine (C=N–C) groups is 2. The fourth-order valence-corrected chi connectivity index (χ4v) is 6.78. The quantitative estimate of drug-likeness (QED) is 0.101. The Balaban J connectivity index is 1.09. The molecule has 0 radical (unpaired) electrons. The summed E-state index contributed by atoms with van der Waals surface area (Å²) in [5.41, 5.74) is 6.33. The lowest BCUT2D eigenvalue weighted by Crippen LogP contribution is -2.08. The fourth-order valence-electron chi connectivity index (χ4n) is 5.27. The SMILES string of the molecule is C/C=C\C(=NC)c1cccc(C(=N)SC(=N)c2ccc3c(ccc4nc(-c5nnc(C6CC=CC(c7ccccn7)=N6)s5)ccc43)n2)n1. The first-order valence-corrected chi connectivity index (χ1v) is 16.8. The summed E-state index contributed by atoms with van der Waals surface area (Å²) in [7, 11) is 1.71. The number of fused-ring (bicyclic) bond motifs is 3. The number of nitrogens with zero attached hydrogens (tertiary/aromatic N) is 8. The molecule has 0 spiro atoms. The summed E-state index contributed by atoms with van der Waals surface area (Å²) in [6.45, 7) is 1.92. The number of allylic oxidation sites excluding steroid dienone is 3. The number of thioether (sulfide) groups is 1. The first kappa shape index (κ1) is 31.0. The second-order valence-electron chi connectivity index (χ2n) is 10.7. The van der Waals surface area contributed by atoms with E-state index in [2.05, 4.69) is 31.2 Å². The van der Waals surface area contributed by atoms with Gasteiger partial charge in [0.25, 0.3) is 0 Å². The standard InChI is InChI=1S/C36H28N10S2/c1-3-8-25(39-2)27-10-6-12-29(43-27)33(37)47-34(38)30-16-14-21-22-15-17-32(42-24(22)19-18-23(21)41-30)36-46-45-35(48-36)31-13-7-11-28(44-31)26-9-4-5-20-40-26/h3-12,14-20,31,37-38H,13H2,1-2H3/b8-3-,37-33?,38-34?,39-25?. The summed E-state index contributed by atoms with van der Waals surface area (Å²) in [5, 5.41) is 30.0. The fraction of sp³-hybridized carbons (Fsp3) is 0.111. The lowest BCUT2D eigenvalue weighted by Gasteiger charge is -2.13. The number of dihydropyridines is 1. The Morgan fingerprint density at radius 2 is 1.60 bits per heavy atom. The number of benzene rings is 1. The lowest BCUT2D eigenvalue weighted by atomic mass is 10.1. The third-order valence-electron chi connectivity index (χ3n) is 7.59. The molecule has 0 saturated heterocycles. The van der Waals surface area contributed by atoms with E-state index >= 15 is 0 Å². The molecule has 6 aromatic rings. The van der Waals surface area contributed by atoms with Gasteiger partial charge in [-0.1, -0.05) is 35.6 Å². The van der Waals surface area contributed by atoms with Gasteiger partial charge in [-0.15, -0.1) is 10.2 Å². The van der Waals surface area contributed by atoms with Crippen molar-refractivity contribution in [3.63, 3.8) is 0 Å². The Bertz CT molecular complexity index is 2320. The van der Waals surface area contributed by atoms with Gasteiger partial charge in [0.05, 0.1) is 45.2 Å². The molecule has 1 aliphatic heterocycles. The summed E-state index contributed by atoms with van der Waals surface area (Å²) < 4.78 is 0. The molecule has 0 aliphatic carbocycles. The van der Waals surface area contributed by atoms with Crippen LogP contribution >= 0.6 is 23.1 Å². The van der Waals surface area contributed by atoms with E-state index in [1.165, 1.54) is 11.3 Å². The van der Waals surface area contributed by atoms with Crippen LogP contribution in [0, 0.1) is 10.8 Å². The first-order chi connectivity index (χ1) is 23.5. The van der Waals surface area contributed by atoms with E-state index in [-0.39, 0.29) is 16.1 Å². The Morgan fingerprint density at radius 1 is 0.833 bits per heavy atom. The van der Waals surface area contributed by atoms with Crippen LogP contribution in [0.3, 0.4) is 0 Å². The summed E-state index contributed by atoms with van der Waals surface area (Å²) in [4.78, 5) is 27.9. The van der Waals surface area contributed by atoms with Crippen molar-refractivity contribution in [1.82, 2.24) is 30.1 Å². The van der Waals surface area contributed by atoms with Gasteiger partial charge in [0.1, 0.15) is 26.8 Å². The molecule has 2 N–H and O–H groups in total. The molecule has 7 rings (SSSR count). The Kier molecular flexibility index (Phi) is 8.82. The number of rotatable bonds is 7. The summed E-state index contributed by atoms with van der Waals surface area (Å²) >= 11 is 2.52. The zero-order valence-electron chi connectivity index (χ0n) is 26.0. The van der Waals surface area contributed by atoms with Crippen LogP contribution in [-0.2, 0) is 0 Å². The maximum absolute atomic E-state index is 8.70. The Labute approximate surface area is 284 Å². The predicted molar refractivity (Wildman–Crippen MR) is 196 cm³/mol. The van der Waals surface area contributed by atoms with E-state index in [1.807, 2.05) is 91.9 Å². The Morgan fingerprint density at radius 3 is 2.38 bits per heavy atom. The van der Waals surface area contributed by atoms with Gasteiger partial charge in [-0.25, -0.2) is 15.0 Å². The number of hydrogen-bond donors (Lipinski definition) is 2. The average Bonchev–Trinajstić information content (AvgIpc) is 3.64. The van der Waals surface area contributed by atoms with Crippen LogP contribution in [0.2, 0.25) is 0 Å². The highest BCUT2D eigenvalue weighted by Crippen LogP contribution is 2.33. The minimum atomic E-state index is -0.114. The third-order valence-corrected chi connectivity index (χ3v) is 9.46. The molecular weight excluding hydrogens is 637 g/mol. The molecule has 1 atom stereocenters. The van der Waals surface area contributed by atoms with Gasteiger partial charge in [0, 0.05) is 24.0 Å². The van der Waals surface area contributed by atoms with Crippen LogP contribution in [0.4, 0.5) is 0 Å². The molecule has 1 aromatic carbocycles. The van der Waals surface area contributed by atoms with Gasteiger partial charge >= 0.3 is 0 Å². The molecule has 0 amide bonds. The molecular formula is C36H28N10S2. The van der Waals surface area contributed by atoms with Crippen molar-refractivity contribution in [1.29, 1.82) is 10.8 Å². The molecule has 0 fully saturated rings. The van der Waals surface area contributed by atoms with E-state index in [4.69, 9.17) is 25.8 Å². The Hall–Kier alpha value is -5.59. The molecule has 12 heteroatoms. The molecule has 0 saturated carbocycles. The lowest BCUT2D eigenvalue weighted by molar-refractivity contribution is 0.716. The summed E-state index contributed by atoms with van der Waals surface area (Å²) in [6.07, 6.45) is 10.4. The van der Waals surface area contributed by atoms with Gasteiger partial charge in [-0.05, 0) is 97.9 Å². The maximum atomic E-state index is 8.70. The van der Waals surface area contributed by atoms with E-state index in [0.717, 1.165) is 72.8 Å². The highest BCUT2D eigenvalue weighted by Gasteiger charge is 2.20. The number of aromatic nitrogens is 6. The average molecular weight is 665 g/mol. The highest BCUT2D eigenvalue weighted by molar-refractivity contribution is 8.27. The van der Waals surface area contributed by atoms with Crippen LogP contribution in [0.15, 0.2) is 113 Å². The van der Waals surface area contributed by atoms with Gasteiger partial charge < -0.3 is 0 Å². The summed E-state index contributed by atoms with van der Waals surface area (Å²) in [5.74, 6) is 0. The van der Waals surface area contributed by atoms with Crippen molar-refractivity contribution >= 4 is 66.4 Å². The summed E-state index contributed by atoms with van der Waals surface area (Å²) in [6, 6.07) is 22.7. The molecule has 1 unspecified atom stereocenters. The minimum absolute atomic E-state index is 0.114. The number of pyridine rings is 4. The van der Waals surface area contributed by atoms with Crippen molar-refractivity contribution in [3.8, 4) is 10.7 Å². The van der Waals surface area contributed by atoms with Crippen molar-refractivity contribution < 1.29 is 0 Å². The van der Waals surface area contributed by atoms with Crippen LogP contribution in [0.5, 0.6) is 0 Å². The van der Waals surface area contributed by atoms with Gasteiger partial charge in [-0.2, -0.15) is 0 Å². The van der Waals surface area contributed by atoms with E-state index in [9.17, 15) is 0 Å². The molecule has 1 aliphatic rings. The first-order valence-electron chi connectivity index (χ1n) is 15.1. The van der Waals surface area contributed by atoms with Gasteiger partial charge in [0.2, 0.25) is 0 Å². The largest absolute Gasteiger partial charge is 0.292 e. The van der Waals surface area contributed by atoms with Crippen LogP contribution in [0.1, 0.15) is 47.2 Å². The van der Waals surface area contributed by atoms with Crippen molar-refractivity contribution in [2.45, 2.75) is 19.4 Å². The van der Waals surface area contributed by atoms with Gasteiger partial charge in [-0.3, -0.25) is 25.8 Å². The normalized spacial score (nSPS) is 14.9. The number of nitrogens with one attached hydrogen (secondary N) is 2. The monoisotopic (exact) mass is 664 g/mol. The van der Waals surface area contributed by atoms with E-state index in [1.54, 1.807) is 19.3 Å². The number of hydrogen-bond acceptors (Lipinski definition) is 12. The topological polar surface area (TPSA) is 150 Å². The smallest absolute Gasteiger partial charge is 0.166 e. The second kappa shape index (κ2) is 13.6. The zero-order valence-corrected chi connectivity index (χ0v) is 27.6. The van der Waals surface area contributed by atoms with Crippen molar-refractivity contribution in [3.05, 3.63) is 131 Å². The molecule has 234 valence electrons. The van der Waals surface area contributed by atoms with Gasteiger partial charge in [0.15, 0.2) is 5.01 Å². The maximum Gasteiger partial charge on any atom is 0.166 e. The van der Waals surface area contributed by atoms with E-state index in [0.29, 0.717) is 17.1 Å². The zero-order chi connectivity index (χ0) is 33.0. The van der Waals surface area contributed by atoms with E-state index < -0.39 is 0 Å². The van der Waals surface area contributed by atoms with Crippen LogP contribution < -0.4 is 0 Å². The minimum Gasteiger partial charge on any atom is -0.292 e. The van der Waals surface area contributed by atoms with Crippen LogP contribution in [-0.4, -0.2) is 58.7 Å². The predicted octanol–water partition coefficient (Wildman–Crippen LogP) is 7.66. The highest BCUT2D eigenvalue weighted by atomic mass is 32.2. The third kappa shape index (κ3) is 6.35. The molecule has 6 heterocycles. The molecule has 0 bridgehead atoms. The van der Waals surface area contributed by atoms with Crippen molar-refractivity contribution in [2.24, 2.45) is 9.98 Å². The second-order valence-corrected chi connectivity index (χ2v) is 12.7. The molecule has 5 aromatic heterocycles.